The van der Waals surface area contributed by atoms with Crippen molar-refractivity contribution < 1.29 is 4.74 Å². The van der Waals surface area contributed by atoms with E-state index in [0.29, 0.717) is 13.2 Å². The summed E-state index contributed by atoms with van der Waals surface area (Å²) in [7, 11) is 0. The highest BCUT2D eigenvalue weighted by Gasteiger charge is 1.99. The molecule has 0 N–H and O–H groups in total. The van der Waals surface area contributed by atoms with Gasteiger partial charge in [-0.15, -0.1) is 0 Å². The number of fused-ring (bicyclic) bond motifs is 1. The molecule has 2 aromatic carbocycles. The van der Waals surface area contributed by atoms with Gasteiger partial charge in [0.05, 0.1) is 13.2 Å². The Hall–Kier alpha value is -2.19. The summed E-state index contributed by atoms with van der Waals surface area (Å²) in [6.07, 6.45) is 0. The number of benzene rings is 2. The molecular weight excluding hydrogens is 202 g/mol. The lowest BCUT2D eigenvalue weighted by Crippen LogP contribution is -2.00. The first kappa shape index (κ1) is 10.3. The molecule has 0 aliphatic rings. The van der Waals surface area contributed by atoms with E-state index in [9.17, 15) is 0 Å². The van der Waals surface area contributed by atoms with Gasteiger partial charge in [-0.1, -0.05) is 41.5 Å². The lowest BCUT2D eigenvalue weighted by Gasteiger charge is -2.07. The summed E-state index contributed by atoms with van der Waals surface area (Å²) in [6, 6.07) is 13.9. The summed E-state index contributed by atoms with van der Waals surface area (Å²) in [4.78, 5) is 2.67. The van der Waals surface area contributed by atoms with Gasteiger partial charge in [0, 0.05) is 10.3 Å². The van der Waals surface area contributed by atoms with Gasteiger partial charge in [0.1, 0.15) is 5.75 Å². The SMILES string of the molecule is [N-]=[N+]=NCCOc1cccc2ccccc12. The van der Waals surface area contributed by atoms with Crippen LogP contribution in [0, 0.1) is 0 Å². The number of rotatable bonds is 4. The first-order chi connectivity index (χ1) is 7.92. The van der Waals surface area contributed by atoms with Gasteiger partial charge >= 0.3 is 0 Å². The zero-order valence-electron chi connectivity index (χ0n) is 8.71. The van der Waals surface area contributed by atoms with Crippen LogP contribution in [0.4, 0.5) is 0 Å². The number of azide groups is 1. The second-order valence-electron chi connectivity index (χ2n) is 3.28. The second-order valence-corrected chi connectivity index (χ2v) is 3.28. The van der Waals surface area contributed by atoms with E-state index in [1.165, 1.54) is 0 Å². The molecule has 0 saturated carbocycles. The van der Waals surface area contributed by atoms with Crippen LogP contribution < -0.4 is 4.74 Å². The van der Waals surface area contributed by atoms with Gasteiger partial charge < -0.3 is 4.74 Å². The van der Waals surface area contributed by atoms with Crippen LogP contribution in [0.2, 0.25) is 0 Å². The molecule has 0 aliphatic heterocycles. The molecule has 0 fully saturated rings. The number of hydrogen-bond acceptors (Lipinski definition) is 2. The van der Waals surface area contributed by atoms with Crippen LogP contribution in [0.5, 0.6) is 5.75 Å². The minimum atomic E-state index is 0.347. The summed E-state index contributed by atoms with van der Waals surface area (Å²) in [5.74, 6) is 0.825. The lowest BCUT2D eigenvalue weighted by molar-refractivity contribution is 0.332. The normalized spacial score (nSPS) is 9.75. The Morgan fingerprint density at radius 1 is 1.12 bits per heavy atom. The van der Waals surface area contributed by atoms with Crippen LogP contribution in [0.3, 0.4) is 0 Å². The van der Waals surface area contributed by atoms with Crippen molar-refractivity contribution in [2.75, 3.05) is 13.2 Å². The fourth-order valence-corrected chi connectivity index (χ4v) is 1.56. The first-order valence-electron chi connectivity index (χ1n) is 5.03. The number of nitrogens with zero attached hydrogens (tertiary/aromatic N) is 3. The van der Waals surface area contributed by atoms with Gasteiger partial charge in [0.15, 0.2) is 0 Å². The van der Waals surface area contributed by atoms with E-state index in [1.807, 2.05) is 42.5 Å². The predicted octanol–water partition coefficient (Wildman–Crippen LogP) is 3.53. The average molecular weight is 213 g/mol. The molecule has 2 aromatic rings. The van der Waals surface area contributed by atoms with E-state index in [-0.39, 0.29) is 0 Å². The van der Waals surface area contributed by atoms with Crippen molar-refractivity contribution in [1.29, 1.82) is 0 Å². The Bertz CT molecular complexity index is 527. The summed E-state index contributed by atoms with van der Waals surface area (Å²) in [5.41, 5.74) is 8.14. The third kappa shape index (κ3) is 2.24. The molecule has 0 atom stereocenters. The molecule has 0 amide bonds. The highest BCUT2D eigenvalue weighted by molar-refractivity contribution is 5.88. The van der Waals surface area contributed by atoms with Gasteiger partial charge in [-0.2, -0.15) is 0 Å². The van der Waals surface area contributed by atoms with Gasteiger partial charge in [0.2, 0.25) is 0 Å². The molecule has 0 radical (unpaired) electrons. The third-order valence-electron chi connectivity index (χ3n) is 2.26. The van der Waals surface area contributed by atoms with Crippen molar-refractivity contribution in [2.24, 2.45) is 5.11 Å². The molecule has 80 valence electrons. The molecule has 0 heterocycles. The Balaban J connectivity index is 2.20. The van der Waals surface area contributed by atoms with Crippen molar-refractivity contribution in [3.8, 4) is 5.75 Å². The summed E-state index contributed by atoms with van der Waals surface area (Å²) < 4.78 is 5.56. The van der Waals surface area contributed by atoms with E-state index in [1.54, 1.807) is 0 Å². The molecule has 0 saturated heterocycles. The first-order valence-corrected chi connectivity index (χ1v) is 5.03. The summed E-state index contributed by atoms with van der Waals surface area (Å²) in [5, 5.41) is 5.64. The predicted molar refractivity (Wildman–Crippen MR) is 63.5 cm³/mol. The van der Waals surface area contributed by atoms with Crippen molar-refractivity contribution in [3.63, 3.8) is 0 Å². The minimum absolute atomic E-state index is 0.347. The van der Waals surface area contributed by atoms with Crippen molar-refractivity contribution >= 4 is 10.8 Å². The number of hydrogen-bond donors (Lipinski definition) is 0. The minimum Gasteiger partial charge on any atom is -0.493 e. The van der Waals surface area contributed by atoms with Crippen LogP contribution in [0.15, 0.2) is 47.6 Å². The van der Waals surface area contributed by atoms with Gasteiger partial charge in [-0.05, 0) is 17.0 Å². The molecule has 0 spiro atoms. The highest BCUT2D eigenvalue weighted by atomic mass is 16.5. The fourth-order valence-electron chi connectivity index (χ4n) is 1.56. The molecular formula is C12H11N3O. The Kier molecular flexibility index (Phi) is 3.26. The molecule has 2 rings (SSSR count). The van der Waals surface area contributed by atoms with E-state index < -0.39 is 0 Å². The monoisotopic (exact) mass is 213 g/mol. The van der Waals surface area contributed by atoms with Gasteiger partial charge in [-0.25, -0.2) is 0 Å². The Labute approximate surface area is 93.1 Å². The van der Waals surface area contributed by atoms with Crippen LogP contribution in [0.25, 0.3) is 21.2 Å². The Morgan fingerprint density at radius 3 is 2.81 bits per heavy atom. The molecule has 4 heteroatoms. The topological polar surface area (TPSA) is 58.0 Å². The van der Waals surface area contributed by atoms with Crippen LogP contribution >= 0.6 is 0 Å². The van der Waals surface area contributed by atoms with Gasteiger partial charge in [-0.3, -0.25) is 0 Å². The van der Waals surface area contributed by atoms with E-state index in [2.05, 4.69) is 10.0 Å². The molecule has 0 bridgehead atoms. The second kappa shape index (κ2) is 5.05. The average Bonchev–Trinajstić information content (AvgIpc) is 2.35. The largest absolute Gasteiger partial charge is 0.493 e. The van der Waals surface area contributed by atoms with Crippen molar-refractivity contribution in [3.05, 3.63) is 52.9 Å². The quantitative estimate of drug-likeness (QED) is 0.331. The smallest absolute Gasteiger partial charge is 0.127 e. The van der Waals surface area contributed by atoms with Crippen LogP contribution in [-0.4, -0.2) is 13.2 Å². The Morgan fingerprint density at radius 2 is 1.94 bits per heavy atom. The van der Waals surface area contributed by atoms with Crippen LogP contribution in [0.1, 0.15) is 0 Å². The number of ether oxygens (including phenoxy) is 1. The van der Waals surface area contributed by atoms with Crippen LogP contribution in [-0.2, 0) is 0 Å². The third-order valence-corrected chi connectivity index (χ3v) is 2.26. The zero-order valence-corrected chi connectivity index (χ0v) is 8.71. The summed E-state index contributed by atoms with van der Waals surface area (Å²) >= 11 is 0. The molecule has 0 aromatic heterocycles. The molecule has 0 aliphatic carbocycles. The van der Waals surface area contributed by atoms with E-state index >= 15 is 0 Å². The van der Waals surface area contributed by atoms with Crippen molar-refractivity contribution in [1.82, 2.24) is 0 Å². The van der Waals surface area contributed by atoms with E-state index in [0.717, 1.165) is 16.5 Å². The standard InChI is InChI=1S/C12H11N3O/c13-15-14-8-9-16-12-7-3-5-10-4-1-2-6-11(10)12/h1-7H,8-9H2. The maximum absolute atomic E-state index is 8.14. The maximum Gasteiger partial charge on any atom is 0.127 e. The zero-order chi connectivity index (χ0) is 11.2. The maximum atomic E-state index is 8.14. The van der Waals surface area contributed by atoms with Crippen molar-refractivity contribution in [2.45, 2.75) is 0 Å². The van der Waals surface area contributed by atoms with Gasteiger partial charge in [0.25, 0.3) is 0 Å². The fraction of sp³-hybridized carbons (Fsp3) is 0.167. The highest BCUT2D eigenvalue weighted by Crippen LogP contribution is 2.24. The van der Waals surface area contributed by atoms with E-state index in [4.69, 9.17) is 10.3 Å². The summed E-state index contributed by atoms with van der Waals surface area (Å²) in [6.45, 7) is 0.748. The molecule has 16 heavy (non-hydrogen) atoms. The lowest BCUT2D eigenvalue weighted by atomic mass is 10.1. The molecule has 0 unspecified atom stereocenters. The molecule has 4 nitrogen and oxygen atoms in total.